The molecule has 3 rings (SSSR count). The molecular formula is C16H23ClN4O2. The summed E-state index contributed by atoms with van der Waals surface area (Å²) in [7, 11) is 2.08. The van der Waals surface area contributed by atoms with E-state index >= 15 is 0 Å². The van der Waals surface area contributed by atoms with Gasteiger partial charge < -0.3 is 14.6 Å². The van der Waals surface area contributed by atoms with E-state index < -0.39 is 0 Å². The molecule has 0 saturated carbocycles. The molecular weight excluding hydrogens is 316 g/mol. The number of rotatable bonds is 4. The summed E-state index contributed by atoms with van der Waals surface area (Å²) in [5, 5.41) is 7.45. The number of likely N-dealkylation sites (N-methyl/N-ethyl adjacent to an activating group) is 1. The van der Waals surface area contributed by atoms with Crippen molar-refractivity contribution in [3.63, 3.8) is 0 Å². The van der Waals surface area contributed by atoms with Gasteiger partial charge in [-0.25, -0.2) is 0 Å². The zero-order chi connectivity index (χ0) is 15.5. The molecule has 0 radical (unpaired) electrons. The number of ether oxygens (including phenoxy) is 1. The minimum Gasteiger partial charge on any atom is -0.483 e. The van der Waals surface area contributed by atoms with Crippen molar-refractivity contribution in [2.24, 2.45) is 0 Å². The predicted molar refractivity (Wildman–Crippen MR) is 90.0 cm³/mol. The van der Waals surface area contributed by atoms with Gasteiger partial charge in [0.25, 0.3) is 5.89 Å². The Balaban J connectivity index is 0.00000192. The lowest BCUT2D eigenvalue weighted by Crippen LogP contribution is -2.44. The highest BCUT2D eigenvalue weighted by atomic mass is 35.5. The monoisotopic (exact) mass is 338 g/mol. The van der Waals surface area contributed by atoms with E-state index in [1.54, 1.807) is 0 Å². The molecule has 1 unspecified atom stereocenters. The molecule has 1 aliphatic rings. The van der Waals surface area contributed by atoms with Crippen molar-refractivity contribution in [3.05, 3.63) is 41.0 Å². The number of para-hydroxylation sites is 1. The van der Waals surface area contributed by atoms with E-state index in [-0.39, 0.29) is 18.4 Å². The molecule has 1 saturated heterocycles. The van der Waals surface area contributed by atoms with Gasteiger partial charge in [0.1, 0.15) is 5.75 Å². The Kier molecular flexibility index (Phi) is 5.98. The SMILES string of the molecule is Cc1cccc(C)c1OCc1nc(C2CNCCN2C)no1.Cl. The fourth-order valence-corrected chi connectivity index (χ4v) is 2.72. The first-order valence-electron chi connectivity index (χ1n) is 7.57. The number of hydrogen-bond donors (Lipinski definition) is 1. The topological polar surface area (TPSA) is 63.4 Å². The average Bonchev–Trinajstić information content (AvgIpc) is 2.96. The molecule has 1 aliphatic heterocycles. The lowest BCUT2D eigenvalue weighted by atomic mass is 10.1. The Morgan fingerprint density at radius 3 is 2.78 bits per heavy atom. The van der Waals surface area contributed by atoms with E-state index in [9.17, 15) is 0 Å². The maximum absolute atomic E-state index is 5.86. The number of piperazine rings is 1. The largest absolute Gasteiger partial charge is 0.483 e. The van der Waals surface area contributed by atoms with Gasteiger partial charge in [-0.15, -0.1) is 12.4 Å². The van der Waals surface area contributed by atoms with Crippen LogP contribution in [0.15, 0.2) is 22.7 Å². The van der Waals surface area contributed by atoms with Crippen LogP contribution in [0.3, 0.4) is 0 Å². The second kappa shape index (κ2) is 7.77. The number of hydrogen-bond acceptors (Lipinski definition) is 6. The number of aryl methyl sites for hydroxylation is 2. The van der Waals surface area contributed by atoms with Crippen molar-refractivity contribution < 1.29 is 9.26 Å². The van der Waals surface area contributed by atoms with Crippen LogP contribution >= 0.6 is 12.4 Å². The maximum atomic E-state index is 5.86. The molecule has 126 valence electrons. The normalized spacial score (nSPS) is 18.5. The summed E-state index contributed by atoms with van der Waals surface area (Å²) in [6, 6.07) is 6.24. The first-order chi connectivity index (χ1) is 10.6. The van der Waals surface area contributed by atoms with Crippen molar-refractivity contribution >= 4 is 12.4 Å². The highest BCUT2D eigenvalue weighted by Crippen LogP contribution is 2.24. The Morgan fingerprint density at radius 1 is 1.35 bits per heavy atom. The molecule has 0 bridgehead atoms. The summed E-state index contributed by atoms with van der Waals surface area (Å²) < 4.78 is 11.2. The molecule has 0 spiro atoms. The van der Waals surface area contributed by atoms with Crippen molar-refractivity contribution in [2.75, 3.05) is 26.7 Å². The summed E-state index contributed by atoms with van der Waals surface area (Å²) in [4.78, 5) is 6.71. The first kappa shape index (κ1) is 17.7. The lowest BCUT2D eigenvalue weighted by molar-refractivity contribution is 0.189. The van der Waals surface area contributed by atoms with Crippen LogP contribution in [-0.2, 0) is 6.61 Å². The Labute approximate surface area is 142 Å². The molecule has 1 N–H and O–H groups in total. The zero-order valence-electron chi connectivity index (χ0n) is 13.7. The molecule has 0 amide bonds. The van der Waals surface area contributed by atoms with E-state index in [1.807, 2.05) is 32.0 Å². The minimum atomic E-state index is 0. The molecule has 23 heavy (non-hydrogen) atoms. The Hall–Kier alpha value is -1.63. The third-order valence-corrected chi connectivity index (χ3v) is 4.04. The average molecular weight is 339 g/mol. The number of benzene rings is 1. The fourth-order valence-electron chi connectivity index (χ4n) is 2.72. The third-order valence-electron chi connectivity index (χ3n) is 4.04. The van der Waals surface area contributed by atoms with Crippen LogP contribution < -0.4 is 10.1 Å². The second-order valence-corrected chi connectivity index (χ2v) is 5.76. The highest BCUT2D eigenvalue weighted by Gasteiger charge is 2.25. The molecule has 2 heterocycles. The minimum absolute atomic E-state index is 0. The summed E-state index contributed by atoms with van der Waals surface area (Å²) in [5.74, 6) is 2.12. The molecule has 1 fully saturated rings. The summed E-state index contributed by atoms with van der Waals surface area (Å²) in [5.41, 5.74) is 2.21. The van der Waals surface area contributed by atoms with Gasteiger partial charge in [-0.1, -0.05) is 23.4 Å². The van der Waals surface area contributed by atoms with Gasteiger partial charge >= 0.3 is 0 Å². The zero-order valence-corrected chi connectivity index (χ0v) is 14.5. The fraction of sp³-hybridized carbons (Fsp3) is 0.500. The van der Waals surface area contributed by atoms with Crippen molar-refractivity contribution in [3.8, 4) is 5.75 Å². The van der Waals surface area contributed by atoms with Crippen molar-refractivity contribution in [2.45, 2.75) is 26.5 Å². The van der Waals surface area contributed by atoms with E-state index in [1.165, 1.54) is 0 Å². The molecule has 2 aromatic rings. The number of nitrogens with one attached hydrogen (secondary N) is 1. The summed E-state index contributed by atoms with van der Waals surface area (Å²) >= 11 is 0. The third kappa shape index (κ3) is 4.02. The number of nitrogens with zero attached hydrogens (tertiary/aromatic N) is 3. The quantitative estimate of drug-likeness (QED) is 0.922. The molecule has 1 aromatic heterocycles. The van der Waals surface area contributed by atoms with Gasteiger partial charge in [-0.05, 0) is 32.0 Å². The lowest BCUT2D eigenvalue weighted by Gasteiger charge is -2.30. The molecule has 7 heteroatoms. The van der Waals surface area contributed by atoms with Crippen molar-refractivity contribution in [1.29, 1.82) is 0 Å². The maximum Gasteiger partial charge on any atom is 0.264 e. The van der Waals surface area contributed by atoms with Crippen molar-refractivity contribution in [1.82, 2.24) is 20.4 Å². The van der Waals surface area contributed by atoms with Crippen LogP contribution in [0.25, 0.3) is 0 Å². The second-order valence-electron chi connectivity index (χ2n) is 5.76. The van der Waals surface area contributed by atoms with Gasteiger partial charge in [-0.2, -0.15) is 4.98 Å². The van der Waals surface area contributed by atoms with E-state index in [2.05, 4.69) is 27.4 Å². The van der Waals surface area contributed by atoms with Crippen LogP contribution in [-0.4, -0.2) is 41.7 Å². The van der Waals surface area contributed by atoms with E-state index in [4.69, 9.17) is 9.26 Å². The van der Waals surface area contributed by atoms with E-state index in [0.29, 0.717) is 12.5 Å². The molecule has 1 atom stereocenters. The Bertz CT molecular complexity index is 627. The molecule has 1 aromatic carbocycles. The predicted octanol–water partition coefficient (Wildman–Crippen LogP) is 2.26. The van der Waals surface area contributed by atoms with Gasteiger partial charge in [0.15, 0.2) is 12.4 Å². The summed E-state index contributed by atoms with van der Waals surface area (Å²) in [6.07, 6.45) is 0. The standard InChI is InChI=1S/C16H22N4O2.ClH/c1-11-5-4-6-12(2)15(11)21-10-14-18-16(19-22-14)13-9-17-7-8-20(13)3;/h4-6,13,17H,7-10H2,1-3H3;1H. The van der Waals surface area contributed by atoms with Crippen LogP contribution in [0.2, 0.25) is 0 Å². The van der Waals surface area contributed by atoms with Crippen LogP contribution in [0.5, 0.6) is 5.75 Å². The van der Waals surface area contributed by atoms with Gasteiger partial charge in [0.05, 0.1) is 6.04 Å². The van der Waals surface area contributed by atoms with Gasteiger partial charge in [0.2, 0.25) is 0 Å². The van der Waals surface area contributed by atoms with Crippen LogP contribution in [0.4, 0.5) is 0 Å². The first-order valence-corrected chi connectivity index (χ1v) is 7.57. The smallest absolute Gasteiger partial charge is 0.264 e. The van der Waals surface area contributed by atoms with Gasteiger partial charge in [-0.3, -0.25) is 4.90 Å². The highest BCUT2D eigenvalue weighted by molar-refractivity contribution is 5.85. The Morgan fingerprint density at radius 2 is 2.09 bits per heavy atom. The molecule has 0 aliphatic carbocycles. The van der Waals surface area contributed by atoms with Gasteiger partial charge in [0, 0.05) is 19.6 Å². The number of halogens is 1. The van der Waals surface area contributed by atoms with E-state index in [0.717, 1.165) is 42.3 Å². The number of aromatic nitrogens is 2. The van der Waals surface area contributed by atoms with Crippen LogP contribution in [0.1, 0.15) is 28.9 Å². The summed E-state index contributed by atoms with van der Waals surface area (Å²) in [6.45, 7) is 7.17. The van der Waals surface area contributed by atoms with Crippen LogP contribution in [0, 0.1) is 13.8 Å². The molecule has 6 nitrogen and oxygen atoms in total.